The van der Waals surface area contributed by atoms with Crippen molar-refractivity contribution in [2.45, 2.75) is 51.2 Å². The van der Waals surface area contributed by atoms with Crippen LogP contribution in [0.1, 0.15) is 47.7 Å². The molecule has 0 bridgehead atoms. The predicted octanol–water partition coefficient (Wildman–Crippen LogP) is 1.84. The van der Waals surface area contributed by atoms with Gasteiger partial charge in [-0.3, -0.25) is 9.59 Å². The first kappa shape index (κ1) is 17.6. The van der Waals surface area contributed by atoms with Gasteiger partial charge in [0.1, 0.15) is 0 Å². The molecule has 0 spiro atoms. The number of fused-ring (bicyclic) bond motifs is 1. The van der Waals surface area contributed by atoms with E-state index in [1.54, 1.807) is 6.92 Å². The number of aliphatic carboxylic acids is 1. The van der Waals surface area contributed by atoms with Gasteiger partial charge >= 0.3 is 5.97 Å². The van der Waals surface area contributed by atoms with Crippen molar-refractivity contribution in [2.24, 2.45) is 0 Å². The van der Waals surface area contributed by atoms with Crippen molar-refractivity contribution < 1.29 is 24.2 Å². The molecule has 0 aromatic heterocycles. The summed E-state index contributed by atoms with van der Waals surface area (Å²) in [6.45, 7) is 2.13. The van der Waals surface area contributed by atoms with Gasteiger partial charge in [0.05, 0.1) is 12.6 Å². The number of morpholine rings is 1. The average molecular weight is 345 g/mol. The topological polar surface area (TPSA) is 83.9 Å². The Labute approximate surface area is 146 Å². The summed E-state index contributed by atoms with van der Waals surface area (Å²) in [7, 11) is 0. The van der Waals surface area contributed by atoms with E-state index in [4.69, 9.17) is 9.84 Å². The van der Waals surface area contributed by atoms with E-state index >= 15 is 0 Å². The van der Waals surface area contributed by atoms with Crippen LogP contribution in [0.15, 0.2) is 18.2 Å². The second kappa shape index (κ2) is 7.35. The standard InChI is InChI=1S/C19H23NO5/c1-12-10-20(11-17(25-12)19(23)24)18(22)8-7-16(21)15-6-5-13-3-2-4-14(13)9-15/h5-6,9,12,17H,2-4,7-8,10-11H2,1H3,(H,23,24)/t12-,17?/m1/s1. The molecule has 1 N–H and O–H groups in total. The highest BCUT2D eigenvalue weighted by atomic mass is 16.5. The molecule has 1 aromatic rings. The normalized spacial score (nSPS) is 22.5. The lowest BCUT2D eigenvalue weighted by molar-refractivity contribution is -0.166. The molecule has 2 aliphatic rings. The van der Waals surface area contributed by atoms with Gasteiger partial charge in [-0.2, -0.15) is 0 Å². The lowest BCUT2D eigenvalue weighted by Crippen LogP contribution is -2.51. The van der Waals surface area contributed by atoms with Crippen molar-refractivity contribution in [3.8, 4) is 0 Å². The third-order valence-corrected chi connectivity index (χ3v) is 4.87. The molecule has 6 heteroatoms. The first-order valence-corrected chi connectivity index (χ1v) is 8.75. The first-order chi connectivity index (χ1) is 11.9. The van der Waals surface area contributed by atoms with Crippen molar-refractivity contribution in [1.29, 1.82) is 0 Å². The van der Waals surface area contributed by atoms with Gasteiger partial charge in [0, 0.05) is 24.9 Å². The number of rotatable bonds is 5. The summed E-state index contributed by atoms with van der Waals surface area (Å²) in [5.74, 6) is -1.31. The summed E-state index contributed by atoms with van der Waals surface area (Å²) in [6.07, 6.45) is 2.12. The zero-order valence-electron chi connectivity index (χ0n) is 14.4. The fourth-order valence-corrected chi connectivity index (χ4v) is 3.56. The molecular formula is C19H23NO5. The molecule has 1 unspecified atom stereocenters. The second-order valence-electron chi connectivity index (χ2n) is 6.83. The van der Waals surface area contributed by atoms with Gasteiger partial charge in [0.25, 0.3) is 0 Å². The Morgan fingerprint density at radius 3 is 2.68 bits per heavy atom. The Hall–Kier alpha value is -2.21. The van der Waals surface area contributed by atoms with Gasteiger partial charge in [-0.05, 0) is 43.4 Å². The van der Waals surface area contributed by atoms with Gasteiger partial charge in [0.15, 0.2) is 11.9 Å². The number of hydrogen-bond donors (Lipinski definition) is 1. The van der Waals surface area contributed by atoms with E-state index in [2.05, 4.69) is 0 Å². The highest BCUT2D eigenvalue weighted by molar-refractivity contribution is 5.98. The van der Waals surface area contributed by atoms with E-state index in [1.165, 1.54) is 16.0 Å². The van der Waals surface area contributed by atoms with Crippen LogP contribution >= 0.6 is 0 Å². The Kier molecular flexibility index (Phi) is 5.18. The zero-order chi connectivity index (χ0) is 18.0. The minimum Gasteiger partial charge on any atom is -0.479 e. The number of aryl methyl sites for hydroxylation is 2. The van der Waals surface area contributed by atoms with E-state index in [1.807, 2.05) is 18.2 Å². The van der Waals surface area contributed by atoms with Gasteiger partial charge in [0.2, 0.25) is 5.91 Å². The molecule has 0 saturated carbocycles. The fourth-order valence-electron chi connectivity index (χ4n) is 3.56. The van der Waals surface area contributed by atoms with Crippen molar-refractivity contribution in [2.75, 3.05) is 13.1 Å². The van der Waals surface area contributed by atoms with Crippen LogP contribution in [0.25, 0.3) is 0 Å². The average Bonchev–Trinajstić information content (AvgIpc) is 3.06. The minimum absolute atomic E-state index is 0.0333. The zero-order valence-corrected chi connectivity index (χ0v) is 14.4. The van der Waals surface area contributed by atoms with Crippen molar-refractivity contribution in [3.05, 3.63) is 34.9 Å². The molecule has 134 valence electrons. The lowest BCUT2D eigenvalue weighted by Gasteiger charge is -2.35. The molecule has 1 aromatic carbocycles. The number of Topliss-reactive ketones (excluding diaryl/α,β-unsaturated/α-hetero) is 1. The molecule has 1 aliphatic heterocycles. The number of benzene rings is 1. The van der Waals surface area contributed by atoms with Crippen LogP contribution in [-0.4, -0.2) is 53.0 Å². The van der Waals surface area contributed by atoms with E-state index < -0.39 is 12.1 Å². The number of nitrogens with zero attached hydrogens (tertiary/aromatic N) is 1. The molecule has 1 fully saturated rings. The number of hydrogen-bond acceptors (Lipinski definition) is 4. The number of ketones is 1. The molecule has 1 saturated heterocycles. The summed E-state index contributed by atoms with van der Waals surface area (Å²) in [5, 5.41) is 9.08. The predicted molar refractivity (Wildman–Crippen MR) is 90.6 cm³/mol. The quantitative estimate of drug-likeness (QED) is 0.823. The summed E-state index contributed by atoms with van der Waals surface area (Å²) >= 11 is 0. The van der Waals surface area contributed by atoms with Crippen LogP contribution in [0.2, 0.25) is 0 Å². The molecule has 0 radical (unpaired) electrons. The molecular weight excluding hydrogens is 322 g/mol. The number of amides is 1. The third kappa shape index (κ3) is 4.07. The monoisotopic (exact) mass is 345 g/mol. The van der Waals surface area contributed by atoms with Crippen molar-refractivity contribution >= 4 is 17.7 Å². The Morgan fingerprint density at radius 2 is 1.92 bits per heavy atom. The molecule has 25 heavy (non-hydrogen) atoms. The highest BCUT2D eigenvalue weighted by Crippen LogP contribution is 2.23. The van der Waals surface area contributed by atoms with E-state index in [0.29, 0.717) is 12.1 Å². The van der Waals surface area contributed by atoms with Crippen LogP contribution in [0.4, 0.5) is 0 Å². The third-order valence-electron chi connectivity index (χ3n) is 4.87. The van der Waals surface area contributed by atoms with Crippen LogP contribution in [0, 0.1) is 0 Å². The smallest absolute Gasteiger partial charge is 0.334 e. The number of carbonyl (C=O) groups excluding carboxylic acids is 2. The SMILES string of the molecule is C[C@@H]1CN(C(=O)CCC(=O)c2ccc3c(c2)CCC3)CC(C(=O)O)O1. The van der Waals surface area contributed by atoms with Crippen LogP contribution < -0.4 is 0 Å². The summed E-state index contributed by atoms with van der Waals surface area (Å²) in [4.78, 5) is 37.3. The van der Waals surface area contributed by atoms with Crippen molar-refractivity contribution in [3.63, 3.8) is 0 Å². The van der Waals surface area contributed by atoms with E-state index in [0.717, 1.165) is 19.3 Å². The van der Waals surface area contributed by atoms with Gasteiger partial charge < -0.3 is 14.7 Å². The van der Waals surface area contributed by atoms with E-state index in [9.17, 15) is 14.4 Å². The van der Waals surface area contributed by atoms with Crippen LogP contribution in [-0.2, 0) is 27.2 Å². The van der Waals surface area contributed by atoms with E-state index in [-0.39, 0.29) is 37.2 Å². The number of carboxylic acids is 1. The summed E-state index contributed by atoms with van der Waals surface area (Å²) < 4.78 is 5.31. The maximum atomic E-state index is 12.4. The maximum Gasteiger partial charge on any atom is 0.334 e. The van der Waals surface area contributed by atoms with Gasteiger partial charge in [-0.1, -0.05) is 12.1 Å². The fraction of sp³-hybridized carbons (Fsp3) is 0.526. The molecule has 1 amide bonds. The molecule has 1 aliphatic carbocycles. The summed E-state index contributed by atoms with van der Waals surface area (Å²) in [5.41, 5.74) is 3.21. The Balaban J connectivity index is 1.56. The second-order valence-corrected chi connectivity index (χ2v) is 6.83. The molecule has 3 rings (SSSR count). The number of ether oxygens (including phenoxy) is 1. The van der Waals surface area contributed by atoms with Crippen LogP contribution in [0.3, 0.4) is 0 Å². The van der Waals surface area contributed by atoms with Crippen molar-refractivity contribution in [1.82, 2.24) is 4.90 Å². The molecule has 1 heterocycles. The van der Waals surface area contributed by atoms with Gasteiger partial charge in [-0.15, -0.1) is 0 Å². The largest absolute Gasteiger partial charge is 0.479 e. The molecule has 6 nitrogen and oxygen atoms in total. The Bertz CT molecular complexity index is 699. The minimum atomic E-state index is -1.07. The lowest BCUT2D eigenvalue weighted by atomic mass is 10.0. The first-order valence-electron chi connectivity index (χ1n) is 8.75. The maximum absolute atomic E-state index is 12.4. The number of carbonyl (C=O) groups is 3. The highest BCUT2D eigenvalue weighted by Gasteiger charge is 2.32. The van der Waals surface area contributed by atoms with Crippen LogP contribution in [0.5, 0.6) is 0 Å². The van der Waals surface area contributed by atoms with Gasteiger partial charge in [-0.25, -0.2) is 4.79 Å². The Morgan fingerprint density at radius 1 is 1.16 bits per heavy atom. The summed E-state index contributed by atoms with van der Waals surface area (Å²) in [6, 6.07) is 5.80. The number of carboxylic acid groups (broad SMARTS) is 1. The molecule has 2 atom stereocenters.